The van der Waals surface area contributed by atoms with Crippen molar-refractivity contribution in [2.24, 2.45) is 0 Å². The molecule has 0 bridgehead atoms. The zero-order chi connectivity index (χ0) is 20.1. The highest BCUT2D eigenvalue weighted by atomic mass is 19.1. The second kappa shape index (κ2) is 12.3. The van der Waals surface area contributed by atoms with Crippen molar-refractivity contribution >= 4 is 18.2 Å². The molecule has 9 nitrogen and oxygen atoms in total. The fourth-order valence-electron chi connectivity index (χ4n) is 2.39. The number of nitrogens with zero attached hydrogens (tertiary/aromatic N) is 1. The number of aryl methyl sites for hydroxylation is 1. The van der Waals surface area contributed by atoms with Gasteiger partial charge in [-0.3, -0.25) is 10.2 Å². The number of aldehydes is 1. The number of hydrogen-bond acceptors (Lipinski definition) is 5. The van der Waals surface area contributed by atoms with Gasteiger partial charge in [-0.15, -0.1) is 0 Å². The molecule has 0 heterocycles. The van der Waals surface area contributed by atoms with Crippen LogP contribution < -0.4 is 16.1 Å². The van der Waals surface area contributed by atoms with Crippen LogP contribution >= 0.6 is 0 Å². The highest BCUT2D eigenvalue weighted by molar-refractivity contribution is 5.79. The summed E-state index contributed by atoms with van der Waals surface area (Å²) in [5.74, 6) is -0.936. The van der Waals surface area contributed by atoms with Crippen molar-refractivity contribution in [3.63, 3.8) is 0 Å². The van der Waals surface area contributed by atoms with E-state index in [1.165, 1.54) is 12.1 Å². The summed E-state index contributed by atoms with van der Waals surface area (Å²) in [6, 6.07) is 5.61. The number of unbranched alkanes of at least 4 members (excludes halogenated alkanes) is 1. The van der Waals surface area contributed by atoms with Crippen LogP contribution in [0.1, 0.15) is 37.7 Å². The Bertz CT molecular complexity index is 639. The summed E-state index contributed by atoms with van der Waals surface area (Å²) in [6.07, 6.45) is 3.94. The van der Waals surface area contributed by atoms with E-state index >= 15 is 0 Å². The third kappa shape index (κ3) is 10.5. The van der Waals surface area contributed by atoms with Crippen molar-refractivity contribution in [2.75, 3.05) is 6.54 Å². The maximum Gasteiger partial charge on any atom is 0.251 e. The summed E-state index contributed by atoms with van der Waals surface area (Å²) in [7, 11) is 0. The second-order valence-corrected chi connectivity index (χ2v) is 5.96. The predicted octanol–water partition coefficient (Wildman–Crippen LogP) is 1.31. The Morgan fingerprint density at radius 2 is 1.96 bits per heavy atom. The van der Waals surface area contributed by atoms with E-state index in [2.05, 4.69) is 10.6 Å². The minimum Gasteiger partial charge on any atom is -0.352 e. The van der Waals surface area contributed by atoms with Gasteiger partial charge in [-0.1, -0.05) is 17.6 Å². The number of halogens is 1. The molecule has 0 saturated heterocycles. The molecule has 1 atom stereocenters. The summed E-state index contributed by atoms with van der Waals surface area (Å²) in [6.45, 7) is 0.261. The molecule has 27 heavy (non-hydrogen) atoms. The summed E-state index contributed by atoms with van der Waals surface area (Å²) in [5.41, 5.74) is 2.66. The van der Waals surface area contributed by atoms with Crippen molar-refractivity contribution < 1.29 is 19.0 Å². The maximum atomic E-state index is 12.8. The Labute approximate surface area is 156 Å². The number of amides is 1. The van der Waals surface area contributed by atoms with E-state index in [1.54, 1.807) is 17.6 Å². The maximum absolute atomic E-state index is 12.8. The Morgan fingerprint density at radius 3 is 2.59 bits per heavy atom. The molecule has 1 unspecified atom stereocenters. The molecule has 10 heteroatoms. The molecule has 1 amide bonds. The van der Waals surface area contributed by atoms with Crippen molar-refractivity contribution in [2.45, 2.75) is 44.6 Å². The number of rotatable bonds is 12. The summed E-state index contributed by atoms with van der Waals surface area (Å²) in [4.78, 5) is 33.0. The van der Waals surface area contributed by atoms with Crippen molar-refractivity contribution in [1.82, 2.24) is 16.1 Å². The molecule has 4 N–H and O–H groups in total. The van der Waals surface area contributed by atoms with Crippen LogP contribution in [-0.2, 0) is 16.0 Å². The van der Waals surface area contributed by atoms with Crippen molar-refractivity contribution in [3.8, 4) is 0 Å². The molecule has 0 aliphatic heterocycles. The number of guanidine groups is 1. The van der Waals surface area contributed by atoms with E-state index in [9.17, 15) is 24.1 Å². The van der Waals surface area contributed by atoms with Crippen molar-refractivity contribution in [3.05, 3.63) is 45.8 Å². The van der Waals surface area contributed by atoms with Crippen LogP contribution in [0.2, 0.25) is 0 Å². The zero-order valence-electron chi connectivity index (χ0n) is 14.9. The van der Waals surface area contributed by atoms with Crippen LogP contribution in [-0.4, -0.2) is 35.8 Å². The molecule has 1 rings (SSSR count). The third-order valence-corrected chi connectivity index (χ3v) is 3.74. The molecule has 0 fully saturated rings. The molecular formula is C17H24FN5O4. The Balaban J connectivity index is 2.15. The van der Waals surface area contributed by atoms with Gasteiger partial charge in [0.05, 0.1) is 6.04 Å². The topological polar surface area (TPSA) is 137 Å². The van der Waals surface area contributed by atoms with Crippen LogP contribution in [0.4, 0.5) is 4.39 Å². The van der Waals surface area contributed by atoms with Gasteiger partial charge in [-0.05, 0) is 49.8 Å². The Hall–Kier alpha value is -3.04. The average molecular weight is 381 g/mol. The fourth-order valence-corrected chi connectivity index (χ4v) is 2.39. The van der Waals surface area contributed by atoms with E-state index in [4.69, 9.17) is 5.41 Å². The molecule has 1 aromatic rings. The van der Waals surface area contributed by atoms with Gasteiger partial charge in [-0.2, -0.15) is 0 Å². The Kier molecular flexibility index (Phi) is 10.1. The number of nitrogens with one attached hydrogen (secondary N) is 4. The largest absolute Gasteiger partial charge is 0.352 e. The molecule has 0 aliphatic carbocycles. The lowest BCUT2D eigenvalue weighted by Crippen LogP contribution is -2.41. The number of carbonyl (C=O) groups is 2. The van der Waals surface area contributed by atoms with Crippen LogP contribution in [0.3, 0.4) is 0 Å². The first-order chi connectivity index (χ1) is 12.9. The third-order valence-electron chi connectivity index (χ3n) is 3.74. The van der Waals surface area contributed by atoms with Gasteiger partial charge in [0.2, 0.25) is 5.91 Å². The first-order valence-electron chi connectivity index (χ1n) is 8.63. The first kappa shape index (κ1) is 22.0. The van der Waals surface area contributed by atoms with Crippen LogP contribution in [0, 0.1) is 21.3 Å². The highest BCUT2D eigenvalue weighted by Crippen LogP contribution is 2.08. The van der Waals surface area contributed by atoms with Crippen LogP contribution in [0.25, 0.3) is 0 Å². The Morgan fingerprint density at radius 1 is 1.26 bits per heavy atom. The fraction of sp³-hybridized carbons (Fsp3) is 0.471. The van der Waals surface area contributed by atoms with Gasteiger partial charge in [0, 0.05) is 13.0 Å². The van der Waals surface area contributed by atoms with Crippen LogP contribution in [0.15, 0.2) is 24.3 Å². The summed E-state index contributed by atoms with van der Waals surface area (Å²) >= 11 is 0. The van der Waals surface area contributed by atoms with E-state index in [1.807, 2.05) is 0 Å². The van der Waals surface area contributed by atoms with E-state index in [0.717, 1.165) is 18.4 Å². The van der Waals surface area contributed by atoms with Gasteiger partial charge in [-0.25, -0.2) is 14.5 Å². The van der Waals surface area contributed by atoms with Gasteiger partial charge in [0.15, 0.2) is 5.03 Å². The highest BCUT2D eigenvalue weighted by Gasteiger charge is 2.11. The smallest absolute Gasteiger partial charge is 0.251 e. The minimum absolute atomic E-state index is 0.220. The zero-order valence-corrected chi connectivity index (χ0v) is 14.9. The van der Waals surface area contributed by atoms with Gasteiger partial charge >= 0.3 is 0 Å². The van der Waals surface area contributed by atoms with Crippen LogP contribution in [0.5, 0.6) is 0 Å². The molecule has 148 valence electrons. The lowest BCUT2D eigenvalue weighted by molar-refractivity contribution is -0.525. The van der Waals surface area contributed by atoms with Crippen molar-refractivity contribution in [1.29, 1.82) is 5.41 Å². The summed E-state index contributed by atoms with van der Waals surface area (Å²) in [5, 5.41) is 21.6. The SMILES string of the molecule is N=C(NCCCC(C=O)NC(=O)CCCCc1ccc(F)cc1)N[N+](=O)[O-]. The van der Waals surface area contributed by atoms with E-state index in [-0.39, 0.29) is 18.3 Å². The first-order valence-corrected chi connectivity index (χ1v) is 8.63. The normalized spacial score (nSPS) is 11.3. The lowest BCUT2D eigenvalue weighted by Gasteiger charge is -2.13. The molecular weight excluding hydrogens is 357 g/mol. The molecule has 1 aromatic carbocycles. The molecule has 0 radical (unpaired) electrons. The van der Waals surface area contributed by atoms with Gasteiger partial charge in [0.1, 0.15) is 12.1 Å². The quantitative estimate of drug-likeness (QED) is 0.108. The molecule has 0 aromatic heterocycles. The van der Waals surface area contributed by atoms with Gasteiger partial charge in [0.25, 0.3) is 5.96 Å². The number of benzene rings is 1. The second-order valence-electron chi connectivity index (χ2n) is 5.96. The lowest BCUT2D eigenvalue weighted by atomic mass is 10.1. The molecule has 0 spiro atoms. The number of hydrogen-bond donors (Lipinski definition) is 4. The number of nitro groups is 1. The average Bonchev–Trinajstić information content (AvgIpc) is 2.62. The molecule has 0 saturated carbocycles. The van der Waals surface area contributed by atoms with E-state index < -0.39 is 17.0 Å². The molecule has 0 aliphatic rings. The predicted molar refractivity (Wildman–Crippen MR) is 97.0 cm³/mol. The summed E-state index contributed by atoms with van der Waals surface area (Å²) < 4.78 is 12.8. The monoisotopic (exact) mass is 381 g/mol. The standard InChI is InChI=1S/C17H24FN5O4/c18-14-9-7-13(8-10-14)4-1-2-6-16(25)21-15(12-24)5-3-11-20-17(19)22-23(26)27/h7-10,12,15H,1-6,11H2,(H,21,25)(H3,19,20,22). The van der Waals surface area contributed by atoms with E-state index in [0.29, 0.717) is 32.0 Å². The number of carbonyl (C=O) groups excluding carboxylic acids is 2. The minimum atomic E-state index is -0.847. The number of hydrazine groups is 1. The van der Waals surface area contributed by atoms with Gasteiger partial charge < -0.3 is 15.4 Å².